The van der Waals surface area contributed by atoms with E-state index in [1.807, 2.05) is 38.1 Å². The quantitative estimate of drug-likeness (QED) is 0.698. The maximum Gasteiger partial charge on any atom is 0.243 e. The van der Waals surface area contributed by atoms with Crippen LogP contribution in [-0.2, 0) is 14.8 Å². The number of hydrogen-bond donors (Lipinski definition) is 3. The Morgan fingerprint density at radius 1 is 1.04 bits per heavy atom. The lowest BCUT2D eigenvalue weighted by Crippen LogP contribution is -2.21. The van der Waals surface area contributed by atoms with Crippen LogP contribution in [0.3, 0.4) is 0 Å². The third-order valence-corrected chi connectivity index (χ3v) is 4.08. The number of primary sulfonamides is 1. The number of benzene rings is 2. The molecule has 25 heavy (non-hydrogen) atoms. The van der Waals surface area contributed by atoms with Crippen LogP contribution < -0.4 is 20.5 Å². The lowest BCUT2D eigenvalue weighted by molar-refractivity contribution is -0.114. The van der Waals surface area contributed by atoms with Gasteiger partial charge in [0.2, 0.25) is 15.9 Å². The molecule has 0 bridgehead atoms. The molecule has 0 aliphatic carbocycles. The van der Waals surface area contributed by atoms with E-state index in [1.54, 1.807) is 0 Å². The Labute approximate surface area is 147 Å². The third-order valence-electron chi connectivity index (χ3n) is 3.15. The van der Waals surface area contributed by atoms with E-state index in [1.165, 1.54) is 24.3 Å². The van der Waals surface area contributed by atoms with Gasteiger partial charge in [0.1, 0.15) is 5.75 Å². The number of nitrogens with two attached hydrogens (primary N) is 1. The SMILES string of the molecule is CC(C)Oc1ccc(NCC(=O)Nc2ccc(S(N)(=O)=O)cc2)cc1. The van der Waals surface area contributed by atoms with Crippen LogP contribution in [0.2, 0.25) is 0 Å². The highest BCUT2D eigenvalue weighted by Gasteiger charge is 2.08. The molecule has 0 heterocycles. The number of ether oxygens (including phenoxy) is 1. The normalized spacial score (nSPS) is 11.2. The zero-order valence-corrected chi connectivity index (χ0v) is 14.8. The second-order valence-electron chi connectivity index (χ2n) is 5.66. The number of amides is 1. The molecule has 0 radical (unpaired) electrons. The van der Waals surface area contributed by atoms with Crippen molar-refractivity contribution in [2.75, 3.05) is 17.2 Å². The molecule has 2 aromatic carbocycles. The van der Waals surface area contributed by atoms with Crippen LogP contribution in [-0.4, -0.2) is 27.0 Å². The van der Waals surface area contributed by atoms with E-state index in [-0.39, 0.29) is 23.5 Å². The predicted molar refractivity (Wildman–Crippen MR) is 97.1 cm³/mol. The Bertz CT molecular complexity index is 816. The fourth-order valence-electron chi connectivity index (χ4n) is 2.04. The smallest absolute Gasteiger partial charge is 0.243 e. The molecular formula is C17H21N3O4S. The summed E-state index contributed by atoms with van der Waals surface area (Å²) in [6.07, 6.45) is 0.102. The Morgan fingerprint density at radius 3 is 2.12 bits per heavy atom. The number of rotatable bonds is 7. The molecule has 0 aliphatic heterocycles. The van der Waals surface area contributed by atoms with Gasteiger partial charge in [0.25, 0.3) is 0 Å². The molecule has 0 atom stereocenters. The molecule has 134 valence electrons. The molecule has 0 unspecified atom stereocenters. The summed E-state index contributed by atoms with van der Waals surface area (Å²) in [7, 11) is -3.74. The van der Waals surface area contributed by atoms with Gasteiger partial charge in [-0.15, -0.1) is 0 Å². The minimum absolute atomic E-state index is 0.00710. The van der Waals surface area contributed by atoms with Crippen molar-refractivity contribution in [3.05, 3.63) is 48.5 Å². The number of sulfonamides is 1. The molecule has 2 rings (SSSR count). The average molecular weight is 363 g/mol. The maximum atomic E-state index is 11.9. The maximum absolute atomic E-state index is 11.9. The molecule has 0 saturated carbocycles. The molecule has 0 fully saturated rings. The number of anilines is 2. The van der Waals surface area contributed by atoms with Gasteiger partial charge in [-0.05, 0) is 62.4 Å². The Kier molecular flexibility index (Phi) is 6.00. The summed E-state index contributed by atoms with van der Waals surface area (Å²) >= 11 is 0. The highest BCUT2D eigenvalue weighted by atomic mass is 32.2. The largest absolute Gasteiger partial charge is 0.491 e. The van der Waals surface area contributed by atoms with Gasteiger partial charge in [-0.3, -0.25) is 4.79 Å². The van der Waals surface area contributed by atoms with Crippen LogP contribution in [0.1, 0.15) is 13.8 Å². The number of carbonyl (C=O) groups excluding carboxylic acids is 1. The summed E-state index contributed by atoms with van der Waals surface area (Å²) < 4.78 is 27.9. The van der Waals surface area contributed by atoms with E-state index >= 15 is 0 Å². The van der Waals surface area contributed by atoms with Gasteiger partial charge < -0.3 is 15.4 Å². The van der Waals surface area contributed by atoms with Gasteiger partial charge in [0.15, 0.2) is 0 Å². The molecular weight excluding hydrogens is 342 g/mol. The fourth-order valence-corrected chi connectivity index (χ4v) is 2.55. The second kappa shape index (κ2) is 8.00. The highest BCUT2D eigenvalue weighted by Crippen LogP contribution is 2.17. The zero-order chi connectivity index (χ0) is 18.4. The first kappa shape index (κ1) is 18.8. The highest BCUT2D eigenvalue weighted by molar-refractivity contribution is 7.89. The van der Waals surface area contributed by atoms with Crippen molar-refractivity contribution < 1.29 is 17.9 Å². The lowest BCUT2D eigenvalue weighted by Gasteiger charge is -2.11. The van der Waals surface area contributed by atoms with Crippen molar-refractivity contribution in [2.45, 2.75) is 24.8 Å². The summed E-state index contributed by atoms with van der Waals surface area (Å²) in [5.74, 6) is 0.505. The molecule has 0 spiro atoms. The second-order valence-corrected chi connectivity index (χ2v) is 7.22. The first-order chi connectivity index (χ1) is 11.7. The first-order valence-electron chi connectivity index (χ1n) is 7.67. The van der Waals surface area contributed by atoms with Gasteiger partial charge in [-0.2, -0.15) is 0 Å². The summed E-state index contributed by atoms with van der Waals surface area (Å²) in [6.45, 7) is 3.97. The molecule has 2 aromatic rings. The fraction of sp³-hybridized carbons (Fsp3) is 0.235. The van der Waals surface area contributed by atoms with Crippen LogP contribution in [0.4, 0.5) is 11.4 Å². The van der Waals surface area contributed by atoms with E-state index in [4.69, 9.17) is 9.88 Å². The molecule has 8 heteroatoms. The zero-order valence-electron chi connectivity index (χ0n) is 14.0. The predicted octanol–water partition coefficient (Wildman–Crippen LogP) is 2.17. The minimum atomic E-state index is -3.74. The molecule has 0 saturated heterocycles. The van der Waals surface area contributed by atoms with Crippen LogP contribution in [0.15, 0.2) is 53.4 Å². The van der Waals surface area contributed by atoms with Crippen molar-refractivity contribution >= 4 is 27.3 Å². The monoisotopic (exact) mass is 363 g/mol. The van der Waals surface area contributed by atoms with Gasteiger partial charge in [0.05, 0.1) is 17.5 Å². The van der Waals surface area contributed by atoms with E-state index < -0.39 is 10.0 Å². The van der Waals surface area contributed by atoms with Crippen LogP contribution in [0, 0.1) is 0 Å². The Hall–Kier alpha value is -2.58. The van der Waals surface area contributed by atoms with Gasteiger partial charge in [-0.1, -0.05) is 0 Å². The lowest BCUT2D eigenvalue weighted by atomic mass is 10.3. The Balaban J connectivity index is 1.86. The Morgan fingerprint density at radius 2 is 1.60 bits per heavy atom. The summed E-state index contributed by atoms with van der Waals surface area (Å²) in [5, 5.41) is 10.7. The number of nitrogens with one attached hydrogen (secondary N) is 2. The van der Waals surface area contributed by atoms with Crippen molar-refractivity contribution in [1.29, 1.82) is 0 Å². The van der Waals surface area contributed by atoms with Gasteiger partial charge >= 0.3 is 0 Å². The first-order valence-corrected chi connectivity index (χ1v) is 9.22. The standard InChI is InChI=1S/C17H21N3O4S/c1-12(2)24-15-7-3-13(4-8-15)19-11-17(21)20-14-5-9-16(10-6-14)25(18,22)23/h3-10,12,19H,11H2,1-2H3,(H,20,21)(H2,18,22,23). The van der Waals surface area contributed by atoms with E-state index in [0.717, 1.165) is 11.4 Å². The summed E-state index contributed by atoms with van der Waals surface area (Å²) in [5.41, 5.74) is 1.27. The van der Waals surface area contributed by atoms with Crippen LogP contribution in [0.5, 0.6) is 5.75 Å². The van der Waals surface area contributed by atoms with E-state index in [0.29, 0.717) is 5.69 Å². The van der Waals surface area contributed by atoms with E-state index in [2.05, 4.69) is 10.6 Å². The van der Waals surface area contributed by atoms with E-state index in [9.17, 15) is 13.2 Å². The average Bonchev–Trinajstić information content (AvgIpc) is 2.53. The summed E-state index contributed by atoms with van der Waals surface area (Å²) in [4.78, 5) is 11.9. The molecule has 0 aliphatic rings. The molecule has 0 aromatic heterocycles. The molecule has 7 nitrogen and oxygen atoms in total. The van der Waals surface area contributed by atoms with Gasteiger partial charge in [-0.25, -0.2) is 13.6 Å². The third kappa shape index (κ3) is 6.09. The number of carbonyl (C=O) groups is 1. The molecule has 4 N–H and O–H groups in total. The summed E-state index contributed by atoms with van der Waals surface area (Å²) in [6, 6.07) is 12.9. The topological polar surface area (TPSA) is 111 Å². The molecule has 1 amide bonds. The number of hydrogen-bond acceptors (Lipinski definition) is 5. The van der Waals surface area contributed by atoms with Crippen molar-refractivity contribution in [1.82, 2.24) is 0 Å². The van der Waals surface area contributed by atoms with Gasteiger partial charge in [0, 0.05) is 11.4 Å². The van der Waals surface area contributed by atoms with Crippen molar-refractivity contribution in [3.63, 3.8) is 0 Å². The van der Waals surface area contributed by atoms with Crippen molar-refractivity contribution in [2.24, 2.45) is 5.14 Å². The van der Waals surface area contributed by atoms with Crippen LogP contribution >= 0.6 is 0 Å². The van der Waals surface area contributed by atoms with Crippen molar-refractivity contribution in [3.8, 4) is 5.75 Å². The van der Waals surface area contributed by atoms with Crippen LogP contribution in [0.25, 0.3) is 0 Å². The minimum Gasteiger partial charge on any atom is -0.491 e.